The summed E-state index contributed by atoms with van der Waals surface area (Å²) in [6.07, 6.45) is 0.636. The van der Waals surface area contributed by atoms with Crippen LogP contribution in [-0.2, 0) is 9.53 Å². The first-order valence-corrected chi connectivity index (χ1v) is 2.75. The van der Waals surface area contributed by atoms with Crippen molar-refractivity contribution in [2.24, 2.45) is 0 Å². The van der Waals surface area contributed by atoms with Gasteiger partial charge in [-0.1, -0.05) is 12.7 Å². The average molecular weight is 128 g/mol. The molecule has 1 fully saturated rings. The van der Waals surface area contributed by atoms with Gasteiger partial charge in [0.15, 0.2) is 6.10 Å². The monoisotopic (exact) mass is 128 g/mol. The molecule has 0 unspecified atom stereocenters. The highest BCUT2D eigenvalue weighted by molar-refractivity contribution is 5.76. The van der Waals surface area contributed by atoms with Crippen molar-refractivity contribution in [3.8, 4) is 0 Å². The van der Waals surface area contributed by atoms with Gasteiger partial charge < -0.3 is 9.84 Å². The summed E-state index contributed by atoms with van der Waals surface area (Å²) >= 11 is 0. The summed E-state index contributed by atoms with van der Waals surface area (Å²) in [4.78, 5) is 10.4. The molecule has 50 valence electrons. The van der Waals surface area contributed by atoms with Crippen molar-refractivity contribution in [2.75, 3.05) is 0 Å². The highest BCUT2D eigenvalue weighted by Gasteiger charge is 2.30. The number of aliphatic hydroxyl groups is 1. The van der Waals surface area contributed by atoms with E-state index >= 15 is 0 Å². The zero-order valence-electron chi connectivity index (χ0n) is 4.91. The van der Waals surface area contributed by atoms with Crippen LogP contribution in [-0.4, -0.2) is 23.3 Å². The molecule has 1 aliphatic rings. The Morgan fingerprint density at radius 2 is 2.56 bits per heavy atom. The zero-order chi connectivity index (χ0) is 6.85. The molecule has 1 heterocycles. The molecule has 0 radical (unpaired) electrons. The molecule has 1 rings (SSSR count). The lowest BCUT2D eigenvalue weighted by molar-refractivity contribution is -0.146. The summed E-state index contributed by atoms with van der Waals surface area (Å²) in [6.45, 7) is 3.42. The highest BCUT2D eigenvalue weighted by atomic mass is 16.6. The van der Waals surface area contributed by atoms with Gasteiger partial charge in [-0.05, 0) is 0 Å². The predicted molar refractivity (Wildman–Crippen MR) is 30.7 cm³/mol. The maximum absolute atomic E-state index is 10.4. The number of hydrogen-bond acceptors (Lipinski definition) is 3. The third-order valence-electron chi connectivity index (χ3n) is 1.26. The second-order valence-corrected chi connectivity index (χ2v) is 1.96. The lowest BCUT2D eigenvalue weighted by Crippen LogP contribution is -2.11. The van der Waals surface area contributed by atoms with E-state index in [1.165, 1.54) is 6.08 Å². The topological polar surface area (TPSA) is 46.5 Å². The molecule has 1 N–H and O–H groups in total. The van der Waals surface area contributed by atoms with E-state index in [1.807, 2.05) is 0 Å². The van der Waals surface area contributed by atoms with Gasteiger partial charge in [0.25, 0.3) is 0 Å². The Labute approximate surface area is 52.9 Å². The van der Waals surface area contributed by atoms with Crippen LogP contribution in [0.15, 0.2) is 12.7 Å². The summed E-state index contributed by atoms with van der Waals surface area (Å²) in [5.41, 5.74) is 0. The van der Waals surface area contributed by atoms with Crippen LogP contribution in [0.3, 0.4) is 0 Å². The minimum absolute atomic E-state index is 0.285. The average Bonchev–Trinajstić information content (AvgIpc) is 2.13. The van der Waals surface area contributed by atoms with Crippen LogP contribution >= 0.6 is 0 Å². The van der Waals surface area contributed by atoms with E-state index in [-0.39, 0.29) is 6.10 Å². The molecule has 0 spiro atoms. The molecule has 0 saturated carbocycles. The van der Waals surface area contributed by atoms with Crippen molar-refractivity contribution in [3.05, 3.63) is 12.7 Å². The second-order valence-electron chi connectivity index (χ2n) is 1.96. The van der Waals surface area contributed by atoms with Crippen LogP contribution in [0.2, 0.25) is 0 Å². The highest BCUT2D eigenvalue weighted by Crippen LogP contribution is 2.14. The van der Waals surface area contributed by atoms with Gasteiger partial charge in [0, 0.05) is 6.42 Å². The molecular weight excluding hydrogens is 120 g/mol. The first-order chi connectivity index (χ1) is 4.24. The predicted octanol–water partition coefficient (Wildman–Crippen LogP) is -0.151. The summed E-state index contributed by atoms with van der Waals surface area (Å²) in [6, 6.07) is 0. The fraction of sp³-hybridized carbons (Fsp3) is 0.500. The van der Waals surface area contributed by atoms with Crippen molar-refractivity contribution in [2.45, 2.75) is 18.6 Å². The molecular formula is C6H8O3. The fourth-order valence-corrected chi connectivity index (χ4v) is 0.736. The normalized spacial score (nSPS) is 34.1. The van der Waals surface area contributed by atoms with Gasteiger partial charge >= 0.3 is 5.97 Å². The SMILES string of the molecule is C=C[C@@H]1C[C@@H](O)C(=O)O1. The number of rotatable bonds is 1. The van der Waals surface area contributed by atoms with Crippen LogP contribution < -0.4 is 0 Å². The maximum atomic E-state index is 10.4. The van der Waals surface area contributed by atoms with E-state index in [1.54, 1.807) is 0 Å². The second kappa shape index (κ2) is 2.19. The zero-order valence-corrected chi connectivity index (χ0v) is 4.91. The Balaban J connectivity index is 2.53. The molecule has 9 heavy (non-hydrogen) atoms. The minimum atomic E-state index is -0.937. The first-order valence-electron chi connectivity index (χ1n) is 2.75. The van der Waals surface area contributed by atoms with E-state index in [2.05, 4.69) is 11.3 Å². The molecule has 0 bridgehead atoms. The number of aliphatic hydroxyl groups excluding tert-OH is 1. The van der Waals surface area contributed by atoms with Crippen LogP contribution in [0, 0.1) is 0 Å². The summed E-state index contributed by atoms with van der Waals surface area (Å²) in [7, 11) is 0. The van der Waals surface area contributed by atoms with Gasteiger partial charge in [0.05, 0.1) is 0 Å². The molecule has 0 aliphatic carbocycles. The smallest absolute Gasteiger partial charge is 0.335 e. The number of carbonyl (C=O) groups is 1. The quantitative estimate of drug-likeness (QED) is 0.394. The molecule has 0 aromatic heterocycles. The van der Waals surface area contributed by atoms with Crippen LogP contribution in [0.4, 0.5) is 0 Å². The molecule has 0 aromatic rings. The first kappa shape index (κ1) is 6.29. The number of carbonyl (C=O) groups excluding carboxylic acids is 1. The number of hydrogen-bond donors (Lipinski definition) is 1. The van der Waals surface area contributed by atoms with Crippen molar-refractivity contribution in [1.82, 2.24) is 0 Å². The number of ether oxygens (including phenoxy) is 1. The van der Waals surface area contributed by atoms with E-state index in [0.29, 0.717) is 6.42 Å². The largest absolute Gasteiger partial charge is 0.456 e. The molecule has 3 heteroatoms. The van der Waals surface area contributed by atoms with Gasteiger partial charge in [-0.3, -0.25) is 0 Å². The van der Waals surface area contributed by atoms with E-state index < -0.39 is 12.1 Å². The lowest BCUT2D eigenvalue weighted by atomic mass is 10.2. The summed E-state index contributed by atoms with van der Waals surface area (Å²) in [5, 5.41) is 8.78. The Hall–Kier alpha value is -0.830. The van der Waals surface area contributed by atoms with Crippen LogP contribution in [0.25, 0.3) is 0 Å². The molecule has 0 aromatic carbocycles. The van der Waals surface area contributed by atoms with Gasteiger partial charge in [0.2, 0.25) is 0 Å². The van der Waals surface area contributed by atoms with Gasteiger partial charge in [-0.25, -0.2) is 4.79 Å². The van der Waals surface area contributed by atoms with Crippen molar-refractivity contribution < 1.29 is 14.6 Å². The maximum Gasteiger partial charge on any atom is 0.335 e. The van der Waals surface area contributed by atoms with E-state index in [0.717, 1.165) is 0 Å². The molecule has 1 aliphatic heterocycles. The standard InChI is InChI=1S/C6H8O3/c1-2-4-3-5(7)6(8)9-4/h2,4-5,7H,1,3H2/t4-,5-/m1/s1. The van der Waals surface area contributed by atoms with Crippen molar-refractivity contribution >= 4 is 5.97 Å². The Kier molecular flexibility index (Phi) is 1.53. The van der Waals surface area contributed by atoms with E-state index in [4.69, 9.17) is 5.11 Å². The minimum Gasteiger partial charge on any atom is -0.456 e. The van der Waals surface area contributed by atoms with Crippen LogP contribution in [0.5, 0.6) is 0 Å². The van der Waals surface area contributed by atoms with Gasteiger partial charge in [0.1, 0.15) is 6.10 Å². The van der Waals surface area contributed by atoms with E-state index in [9.17, 15) is 4.79 Å². The van der Waals surface area contributed by atoms with Gasteiger partial charge in [-0.15, -0.1) is 0 Å². The fourth-order valence-electron chi connectivity index (χ4n) is 0.736. The Bertz CT molecular complexity index is 141. The number of cyclic esters (lactones) is 1. The molecule has 1 saturated heterocycles. The summed E-state index contributed by atoms with van der Waals surface area (Å²) in [5.74, 6) is -0.542. The lowest BCUT2D eigenvalue weighted by Gasteiger charge is -1.97. The molecule has 3 nitrogen and oxygen atoms in total. The van der Waals surface area contributed by atoms with Crippen molar-refractivity contribution in [3.63, 3.8) is 0 Å². The third kappa shape index (κ3) is 1.10. The number of esters is 1. The third-order valence-corrected chi connectivity index (χ3v) is 1.26. The Morgan fingerprint density at radius 3 is 2.78 bits per heavy atom. The molecule has 2 atom stereocenters. The molecule has 0 amide bonds. The van der Waals surface area contributed by atoms with Crippen LogP contribution in [0.1, 0.15) is 6.42 Å². The van der Waals surface area contributed by atoms with Crippen molar-refractivity contribution in [1.29, 1.82) is 0 Å². The Morgan fingerprint density at radius 1 is 1.89 bits per heavy atom. The summed E-state index contributed by atoms with van der Waals surface area (Å²) < 4.78 is 4.62. The van der Waals surface area contributed by atoms with Gasteiger partial charge in [-0.2, -0.15) is 0 Å².